The van der Waals surface area contributed by atoms with Crippen LogP contribution in [0.1, 0.15) is 36.6 Å². The van der Waals surface area contributed by atoms with E-state index in [2.05, 4.69) is 20.9 Å². The lowest BCUT2D eigenvalue weighted by Gasteiger charge is -2.23. The maximum absolute atomic E-state index is 14.1. The third-order valence-electron chi connectivity index (χ3n) is 6.88. The number of rotatable bonds is 11. The Kier molecular flexibility index (Phi) is 9.97. The van der Waals surface area contributed by atoms with Crippen LogP contribution in [0.2, 0.25) is 0 Å². The number of nitrogens with zero attached hydrogens (tertiary/aromatic N) is 3. The first-order valence-electron chi connectivity index (χ1n) is 14.0. The summed E-state index contributed by atoms with van der Waals surface area (Å²) in [6.45, 7) is 4.22. The molecule has 46 heavy (non-hydrogen) atoms. The van der Waals surface area contributed by atoms with E-state index in [9.17, 15) is 24.1 Å². The van der Waals surface area contributed by atoms with E-state index in [-0.39, 0.29) is 38.2 Å². The smallest absolute Gasteiger partial charge is 0.337 e. The summed E-state index contributed by atoms with van der Waals surface area (Å²) in [5.41, 5.74) is 0.382. The van der Waals surface area contributed by atoms with Crippen LogP contribution in [0, 0.1) is 15.9 Å². The molecule has 0 fully saturated rings. The molecule has 11 nitrogen and oxygen atoms in total. The van der Waals surface area contributed by atoms with Crippen molar-refractivity contribution in [1.29, 1.82) is 0 Å². The zero-order chi connectivity index (χ0) is 33.0. The Morgan fingerprint density at radius 2 is 1.85 bits per heavy atom. The SMILES string of the molecule is CCOc1ccc([C@@H]2C(C(=O)OC)=CN=c3s/c(=C/c4cc(Br)c(OCc5ccccc5F)c([N+](=O)[O-])c4)c(=O)n32)cc1OCC. The van der Waals surface area contributed by atoms with E-state index >= 15 is 0 Å². The lowest BCUT2D eigenvalue weighted by Crippen LogP contribution is -2.39. The average molecular weight is 713 g/mol. The third-order valence-corrected chi connectivity index (χ3v) is 8.46. The molecular weight excluding hydrogens is 685 g/mol. The molecule has 1 aromatic heterocycles. The minimum atomic E-state index is -0.907. The summed E-state index contributed by atoms with van der Waals surface area (Å²) in [5.74, 6) is -0.297. The predicted molar refractivity (Wildman–Crippen MR) is 171 cm³/mol. The van der Waals surface area contributed by atoms with Gasteiger partial charge in [0.15, 0.2) is 16.3 Å². The second-order valence-corrected chi connectivity index (χ2v) is 11.6. The molecule has 0 saturated heterocycles. The lowest BCUT2D eigenvalue weighted by atomic mass is 9.97. The lowest BCUT2D eigenvalue weighted by molar-refractivity contribution is -0.386. The quantitative estimate of drug-likeness (QED) is 0.118. The van der Waals surface area contributed by atoms with Gasteiger partial charge in [-0.3, -0.25) is 19.5 Å². The summed E-state index contributed by atoms with van der Waals surface area (Å²) >= 11 is 4.39. The number of nitro groups is 1. The Bertz CT molecular complexity index is 2040. The molecule has 0 N–H and O–H groups in total. The van der Waals surface area contributed by atoms with Gasteiger partial charge in [-0.15, -0.1) is 0 Å². The first kappa shape index (κ1) is 32.6. The standard InChI is InChI=1S/C32H27BrFN3O8S/c1-4-43-25-11-10-19(15-26(25)44-5-2)28-21(31(39)42-3)16-35-32-36(28)30(38)27(46-32)14-18-12-22(33)29(24(13-18)37(40)41)45-17-20-8-6-7-9-23(20)34/h6-16,28H,4-5,17H2,1-3H3/b27-14+/t28-/m1/s1. The molecule has 0 unspecified atom stereocenters. The van der Waals surface area contributed by atoms with E-state index in [1.165, 1.54) is 48.2 Å². The van der Waals surface area contributed by atoms with Crippen molar-refractivity contribution in [2.45, 2.75) is 26.5 Å². The molecule has 1 aliphatic heterocycles. The number of ether oxygens (including phenoxy) is 4. The van der Waals surface area contributed by atoms with Gasteiger partial charge in [0.2, 0.25) is 5.75 Å². The van der Waals surface area contributed by atoms with E-state index in [0.717, 1.165) is 11.3 Å². The summed E-state index contributed by atoms with van der Waals surface area (Å²) < 4.78 is 38.1. The van der Waals surface area contributed by atoms with Gasteiger partial charge in [-0.1, -0.05) is 35.6 Å². The molecule has 0 saturated carbocycles. The molecule has 1 aliphatic rings. The Morgan fingerprint density at radius 1 is 1.11 bits per heavy atom. The number of hydrogen-bond donors (Lipinski definition) is 0. The van der Waals surface area contributed by atoms with Crippen molar-refractivity contribution >= 4 is 45.0 Å². The fraction of sp³-hybridized carbons (Fsp3) is 0.219. The number of nitro benzene ring substituents is 1. The van der Waals surface area contributed by atoms with Crippen LogP contribution in [-0.4, -0.2) is 35.8 Å². The van der Waals surface area contributed by atoms with E-state index < -0.39 is 28.3 Å². The zero-order valence-electron chi connectivity index (χ0n) is 24.8. The van der Waals surface area contributed by atoms with Gasteiger partial charge in [0.05, 0.1) is 45.9 Å². The zero-order valence-corrected chi connectivity index (χ0v) is 27.2. The number of hydrogen-bond acceptors (Lipinski definition) is 10. The van der Waals surface area contributed by atoms with Gasteiger partial charge in [-0.05, 0) is 71.2 Å². The highest BCUT2D eigenvalue weighted by Crippen LogP contribution is 2.38. The summed E-state index contributed by atoms with van der Waals surface area (Å²) in [7, 11) is 1.24. The molecule has 2 heterocycles. The van der Waals surface area contributed by atoms with Crippen LogP contribution in [0.3, 0.4) is 0 Å². The summed E-state index contributed by atoms with van der Waals surface area (Å²) in [5, 5.41) is 12.0. The van der Waals surface area contributed by atoms with Crippen molar-refractivity contribution in [1.82, 2.24) is 4.57 Å². The summed E-state index contributed by atoms with van der Waals surface area (Å²) in [6, 6.07) is 13.0. The fourth-order valence-electron chi connectivity index (χ4n) is 4.87. The minimum Gasteiger partial charge on any atom is -0.490 e. The van der Waals surface area contributed by atoms with E-state index in [1.54, 1.807) is 30.3 Å². The molecule has 4 aromatic rings. The number of carbonyl (C=O) groups excluding carboxylic acids is 1. The molecule has 14 heteroatoms. The molecule has 3 aromatic carbocycles. The van der Waals surface area contributed by atoms with Crippen LogP contribution in [0.25, 0.3) is 6.08 Å². The molecular formula is C32H27BrFN3O8S. The van der Waals surface area contributed by atoms with Crippen LogP contribution in [0.5, 0.6) is 17.2 Å². The molecule has 0 radical (unpaired) electrons. The minimum absolute atomic E-state index is 0.0878. The Balaban J connectivity index is 1.59. The highest BCUT2D eigenvalue weighted by molar-refractivity contribution is 9.10. The van der Waals surface area contributed by atoms with E-state index in [0.29, 0.717) is 40.6 Å². The van der Waals surface area contributed by atoms with Gasteiger partial charge < -0.3 is 18.9 Å². The van der Waals surface area contributed by atoms with Gasteiger partial charge >= 0.3 is 11.7 Å². The second-order valence-electron chi connectivity index (χ2n) is 9.74. The van der Waals surface area contributed by atoms with Crippen molar-refractivity contribution < 1.29 is 33.1 Å². The van der Waals surface area contributed by atoms with E-state index in [1.807, 2.05) is 13.8 Å². The van der Waals surface area contributed by atoms with Crippen LogP contribution in [0.4, 0.5) is 10.1 Å². The molecule has 238 valence electrons. The van der Waals surface area contributed by atoms with Crippen molar-refractivity contribution in [3.63, 3.8) is 0 Å². The number of methoxy groups -OCH3 is 1. The fourth-order valence-corrected chi connectivity index (χ4v) is 6.42. The molecule has 0 amide bonds. The first-order valence-corrected chi connectivity index (χ1v) is 15.6. The molecule has 0 spiro atoms. The summed E-state index contributed by atoms with van der Waals surface area (Å²) in [4.78, 5) is 42.9. The van der Waals surface area contributed by atoms with Crippen molar-refractivity contribution in [3.05, 3.63) is 123 Å². The number of carbonyl (C=O) groups is 1. The van der Waals surface area contributed by atoms with Crippen molar-refractivity contribution in [3.8, 4) is 17.2 Å². The number of thiazole rings is 1. The van der Waals surface area contributed by atoms with Crippen LogP contribution < -0.4 is 29.1 Å². The second kappa shape index (κ2) is 14.1. The maximum atomic E-state index is 14.1. The normalized spacial score (nSPS) is 14.2. The topological polar surface area (TPSA) is 131 Å². The molecule has 5 rings (SSSR count). The van der Waals surface area contributed by atoms with Crippen molar-refractivity contribution in [2.24, 2.45) is 4.99 Å². The van der Waals surface area contributed by atoms with Crippen LogP contribution >= 0.6 is 27.3 Å². The number of fused-ring (bicyclic) bond motifs is 1. The number of halogens is 2. The van der Waals surface area contributed by atoms with Gasteiger partial charge in [-0.2, -0.15) is 0 Å². The molecule has 1 atom stereocenters. The Morgan fingerprint density at radius 3 is 2.54 bits per heavy atom. The number of aromatic nitrogens is 1. The first-order chi connectivity index (χ1) is 22.2. The third kappa shape index (κ3) is 6.58. The van der Waals surface area contributed by atoms with Gasteiger partial charge in [0, 0.05) is 17.8 Å². The van der Waals surface area contributed by atoms with Gasteiger partial charge in [-0.25, -0.2) is 14.2 Å². The monoisotopic (exact) mass is 711 g/mol. The highest BCUT2D eigenvalue weighted by atomic mass is 79.9. The van der Waals surface area contributed by atoms with Gasteiger partial charge in [0.25, 0.3) is 5.56 Å². The molecule has 0 bridgehead atoms. The van der Waals surface area contributed by atoms with Crippen LogP contribution in [0.15, 0.2) is 80.6 Å². The molecule has 0 aliphatic carbocycles. The largest absolute Gasteiger partial charge is 0.490 e. The predicted octanol–water partition coefficient (Wildman–Crippen LogP) is 5.20. The van der Waals surface area contributed by atoms with Crippen molar-refractivity contribution in [2.75, 3.05) is 20.3 Å². The maximum Gasteiger partial charge on any atom is 0.337 e. The number of benzene rings is 3. The summed E-state index contributed by atoms with van der Waals surface area (Å²) in [6.07, 6.45) is 2.86. The average Bonchev–Trinajstić information content (AvgIpc) is 3.35. The highest BCUT2D eigenvalue weighted by Gasteiger charge is 2.31. The van der Waals surface area contributed by atoms with E-state index in [4.69, 9.17) is 18.9 Å². The number of esters is 1. The van der Waals surface area contributed by atoms with Crippen LogP contribution in [-0.2, 0) is 16.1 Å². The Labute approximate surface area is 274 Å². The Hall–Kier alpha value is -4.82. The van der Waals surface area contributed by atoms with Gasteiger partial charge in [0.1, 0.15) is 12.4 Å².